The van der Waals surface area contributed by atoms with Crippen LogP contribution in [0.5, 0.6) is 11.5 Å². The first-order valence-corrected chi connectivity index (χ1v) is 19.4. The van der Waals surface area contributed by atoms with Crippen molar-refractivity contribution in [2.24, 2.45) is 0 Å². The number of aliphatic hydroxyl groups excluding tert-OH is 1. The molecule has 3 aromatic heterocycles. The van der Waals surface area contributed by atoms with Crippen molar-refractivity contribution in [2.45, 2.75) is 37.4 Å². The fourth-order valence-electron chi connectivity index (χ4n) is 4.29. The maximum absolute atomic E-state index is 14.5. The Labute approximate surface area is 259 Å². The van der Waals surface area contributed by atoms with Crippen molar-refractivity contribution in [2.75, 3.05) is 31.7 Å². The molecule has 1 N–H and O–H groups in total. The number of nitrogens with zero attached hydrogens (tertiary/aromatic N) is 5. The van der Waals surface area contributed by atoms with E-state index in [1.54, 1.807) is 41.0 Å². The first-order chi connectivity index (χ1) is 19.9. The van der Waals surface area contributed by atoms with Crippen LogP contribution in [0.3, 0.4) is 0 Å². The van der Waals surface area contributed by atoms with Crippen LogP contribution in [0.4, 0.5) is 5.95 Å². The number of benzene rings is 1. The number of hydrogen-bond acceptors (Lipinski definition) is 9. The van der Waals surface area contributed by atoms with Gasteiger partial charge in [-0.2, -0.15) is 0 Å². The summed E-state index contributed by atoms with van der Waals surface area (Å²) in [4.78, 5) is 4.30. The summed E-state index contributed by atoms with van der Waals surface area (Å²) in [5, 5.41) is 18.4. The van der Waals surface area contributed by atoms with Crippen molar-refractivity contribution in [1.29, 1.82) is 0 Å². The van der Waals surface area contributed by atoms with E-state index in [4.69, 9.17) is 25.5 Å². The van der Waals surface area contributed by atoms with Gasteiger partial charge in [-0.05, 0) is 52.3 Å². The Morgan fingerprint density at radius 2 is 1.83 bits per heavy atom. The predicted molar refractivity (Wildman–Crippen MR) is 168 cm³/mol. The molecular formula is C27H33BrClN5O6SSi. The molecule has 0 amide bonds. The maximum Gasteiger partial charge on any atom is 0.246 e. The minimum atomic E-state index is -4.26. The number of halogens is 2. The monoisotopic (exact) mass is 697 g/mol. The standard InChI is InChI=1S/C27H33BrClN5O6SSi/c1-38-22-8-6-9-23(39-2)25(22)34-26(24-10-7-12-40-24)31-32-27(34)33(11-13-42(3,4)5)41(36,37)19(17-35)15-21-20(28)14-18(29)16-30-21/h6-10,12,14,16,19,35H,11,13,15,17H2,1-5H3/t19-/m1/s1. The van der Waals surface area contributed by atoms with Crippen molar-refractivity contribution in [1.82, 2.24) is 19.7 Å². The van der Waals surface area contributed by atoms with Crippen LogP contribution in [0, 0.1) is 0 Å². The third-order valence-corrected chi connectivity index (χ3v) is 11.3. The normalized spacial score (nSPS) is 12.8. The van der Waals surface area contributed by atoms with Gasteiger partial charge in [0.1, 0.15) is 22.4 Å². The molecule has 0 aliphatic carbocycles. The Bertz CT molecular complexity index is 1610. The molecule has 0 fully saturated rings. The van der Waals surface area contributed by atoms with Crippen molar-refractivity contribution < 1.29 is 27.4 Å². The Morgan fingerprint density at radius 3 is 2.38 bits per heavy atom. The molecule has 0 unspecified atom stereocenters. The van der Waals surface area contributed by atoms with Crippen LogP contribution >= 0.6 is 27.5 Å². The van der Waals surface area contributed by atoms with E-state index in [1.165, 1.54) is 31.0 Å². The number of anilines is 1. The van der Waals surface area contributed by atoms with Gasteiger partial charge in [0.15, 0.2) is 5.76 Å². The van der Waals surface area contributed by atoms with Crippen molar-refractivity contribution in [3.63, 3.8) is 0 Å². The van der Waals surface area contributed by atoms with Gasteiger partial charge in [0.05, 0.1) is 37.8 Å². The molecule has 15 heteroatoms. The number of sulfonamides is 1. The molecule has 0 saturated carbocycles. The van der Waals surface area contributed by atoms with Gasteiger partial charge in [-0.3, -0.25) is 9.55 Å². The Hall–Kier alpha value is -2.91. The quantitative estimate of drug-likeness (QED) is 0.182. The molecule has 0 radical (unpaired) electrons. The number of pyridine rings is 1. The van der Waals surface area contributed by atoms with E-state index in [-0.39, 0.29) is 24.7 Å². The van der Waals surface area contributed by atoms with E-state index in [0.29, 0.717) is 44.2 Å². The highest BCUT2D eigenvalue weighted by Gasteiger charge is 2.38. The zero-order valence-electron chi connectivity index (χ0n) is 23.9. The van der Waals surface area contributed by atoms with E-state index < -0.39 is 30.0 Å². The molecule has 4 aromatic rings. The molecule has 1 aromatic carbocycles. The largest absolute Gasteiger partial charge is 0.494 e. The third kappa shape index (κ3) is 6.83. The Balaban J connectivity index is 1.95. The SMILES string of the molecule is COc1cccc(OC)c1-n1c(-c2ccco2)nnc1N(CC[Si](C)(C)C)S(=O)(=O)[C@@H](CO)Cc1ncc(Cl)cc1Br. The van der Waals surface area contributed by atoms with Crippen LogP contribution < -0.4 is 13.8 Å². The Morgan fingerprint density at radius 1 is 1.14 bits per heavy atom. The summed E-state index contributed by atoms with van der Waals surface area (Å²) in [5.41, 5.74) is 0.834. The number of rotatable bonds is 13. The van der Waals surface area contributed by atoms with Crippen LogP contribution in [0.15, 0.2) is 57.7 Å². The van der Waals surface area contributed by atoms with Gasteiger partial charge < -0.3 is 19.0 Å². The number of furan rings is 1. The summed E-state index contributed by atoms with van der Waals surface area (Å²) in [7, 11) is -3.02. The zero-order chi connectivity index (χ0) is 30.7. The van der Waals surface area contributed by atoms with Gasteiger partial charge in [-0.15, -0.1) is 10.2 Å². The average Bonchev–Trinajstić information content (AvgIpc) is 3.61. The van der Waals surface area contributed by atoms with Gasteiger partial charge >= 0.3 is 0 Å². The van der Waals surface area contributed by atoms with E-state index in [1.807, 2.05) is 0 Å². The minimum absolute atomic E-state index is 0.00373. The lowest BCUT2D eigenvalue weighted by Crippen LogP contribution is -2.45. The zero-order valence-corrected chi connectivity index (χ0v) is 28.1. The second-order valence-electron chi connectivity index (χ2n) is 10.7. The first kappa shape index (κ1) is 32.0. The van der Waals surface area contributed by atoms with Gasteiger partial charge in [-0.25, -0.2) is 12.7 Å². The van der Waals surface area contributed by atoms with E-state index in [2.05, 4.69) is 50.8 Å². The fraction of sp³-hybridized carbons (Fsp3) is 0.370. The molecule has 0 aliphatic heterocycles. The van der Waals surface area contributed by atoms with Gasteiger partial charge in [0, 0.05) is 31.7 Å². The summed E-state index contributed by atoms with van der Waals surface area (Å²) in [6.07, 6.45) is 2.86. The maximum atomic E-state index is 14.5. The minimum Gasteiger partial charge on any atom is -0.494 e. The lowest BCUT2D eigenvalue weighted by molar-refractivity contribution is 0.288. The second kappa shape index (κ2) is 13.2. The van der Waals surface area contributed by atoms with E-state index in [0.717, 1.165) is 0 Å². The van der Waals surface area contributed by atoms with Crippen LogP contribution in [0.25, 0.3) is 17.3 Å². The van der Waals surface area contributed by atoms with E-state index in [9.17, 15) is 13.5 Å². The summed E-state index contributed by atoms with van der Waals surface area (Å²) >= 11 is 9.46. The van der Waals surface area contributed by atoms with Gasteiger partial charge in [-0.1, -0.05) is 37.3 Å². The van der Waals surface area contributed by atoms with Crippen molar-refractivity contribution in [3.8, 4) is 28.8 Å². The lowest BCUT2D eigenvalue weighted by atomic mass is 10.2. The number of ether oxygens (including phenoxy) is 2. The average molecular weight is 699 g/mol. The summed E-state index contributed by atoms with van der Waals surface area (Å²) in [5.74, 6) is 1.41. The number of aromatic nitrogens is 4. The molecule has 0 bridgehead atoms. The van der Waals surface area contributed by atoms with Crippen molar-refractivity contribution >= 4 is 51.6 Å². The fourth-order valence-corrected chi connectivity index (χ4v) is 7.76. The number of aliphatic hydroxyl groups is 1. The molecular weight excluding hydrogens is 666 g/mol. The molecule has 0 saturated heterocycles. The first-order valence-electron chi connectivity index (χ1n) is 13.0. The molecule has 1 atom stereocenters. The highest BCUT2D eigenvalue weighted by atomic mass is 79.9. The molecule has 42 heavy (non-hydrogen) atoms. The third-order valence-electron chi connectivity index (χ3n) is 6.54. The van der Waals surface area contributed by atoms with Gasteiger partial charge in [0.2, 0.25) is 21.8 Å². The highest BCUT2D eigenvalue weighted by Crippen LogP contribution is 2.39. The smallest absolute Gasteiger partial charge is 0.246 e. The summed E-state index contributed by atoms with van der Waals surface area (Å²) in [6.45, 7) is 5.91. The summed E-state index contributed by atoms with van der Waals surface area (Å²) < 4.78 is 49.3. The molecule has 226 valence electrons. The summed E-state index contributed by atoms with van der Waals surface area (Å²) in [6, 6.07) is 10.9. The highest BCUT2D eigenvalue weighted by molar-refractivity contribution is 9.10. The second-order valence-corrected chi connectivity index (χ2v) is 19.7. The molecule has 0 aliphatic rings. The van der Waals surface area contributed by atoms with Gasteiger partial charge in [0.25, 0.3) is 0 Å². The molecule has 0 spiro atoms. The van der Waals surface area contributed by atoms with Crippen LogP contribution in [-0.2, 0) is 16.4 Å². The number of methoxy groups -OCH3 is 2. The van der Waals surface area contributed by atoms with Crippen LogP contribution in [0.1, 0.15) is 5.69 Å². The van der Waals surface area contributed by atoms with Crippen LogP contribution in [0.2, 0.25) is 30.7 Å². The number of para-hydroxylation sites is 1. The molecule has 11 nitrogen and oxygen atoms in total. The molecule has 4 rings (SSSR count). The van der Waals surface area contributed by atoms with Crippen molar-refractivity contribution in [3.05, 3.63) is 64.0 Å². The number of hydrogen-bond donors (Lipinski definition) is 1. The Kier molecular flexibility index (Phi) is 10.0. The van der Waals surface area contributed by atoms with Crippen LogP contribution in [-0.4, -0.2) is 74.0 Å². The lowest BCUT2D eigenvalue weighted by Gasteiger charge is -2.30. The predicted octanol–water partition coefficient (Wildman–Crippen LogP) is 5.43. The molecule has 3 heterocycles. The topological polar surface area (TPSA) is 133 Å². The van der Waals surface area contributed by atoms with E-state index >= 15 is 0 Å².